The van der Waals surface area contributed by atoms with Gasteiger partial charge in [-0.05, 0) is 23.8 Å². The molecule has 0 unspecified atom stereocenters. The van der Waals surface area contributed by atoms with Crippen LogP contribution in [0.2, 0.25) is 0 Å². The van der Waals surface area contributed by atoms with Crippen molar-refractivity contribution in [2.24, 2.45) is 0 Å². The number of anilines is 1. The van der Waals surface area contributed by atoms with Gasteiger partial charge in [-0.3, -0.25) is 10.1 Å². The molecule has 3 aromatic rings. The average Bonchev–Trinajstić information content (AvgIpc) is 2.79. The summed E-state index contributed by atoms with van der Waals surface area (Å²) >= 11 is 0. The number of furan rings is 1. The summed E-state index contributed by atoms with van der Waals surface area (Å²) < 4.78 is 5.31. The SMILES string of the molecule is Nc1ccc(-c2c([N+](=O)[O-])oc3ccccc23)cc1. The van der Waals surface area contributed by atoms with E-state index in [9.17, 15) is 10.1 Å². The Morgan fingerprint density at radius 2 is 1.74 bits per heavy atom. The van der Waals surface area contributed by atoms with Gasteiger partial charge in [0.25, 0.3) is 0 Å². The Balaban J connectivity index is 2.34. The Hall–Kier alpha value is -2.82. The van der Waals surface area contributed by atoms with Gasteiger partial charge < -0.3 is 10.2 Å². The van der Waals surface area contributed by atoms with E-state index in [1.807, 2.05) is 6.07 Å². The highest BCUT2D eigenvalue weighted by atomic mass is 16.6. The number of hydrogen-bond acceptors (Lipinski definition) is 4. The number of hydrogen-bond donors (Lipinski definition) is 1. The van der Waals surface area contributed by atoms with Gasteiger partial charge in [0.05, 0.1) is 0 Å². The number of nitrogens with two attached hydrogens (primary N) is 1. The molecule has 5 nitrogen and oxygen atoms in total. The van der Waals surface area contributed by atoms with Gasteiger partial charge in [-0.25, -0.2) is 0 Å². The van der Waals surface area contributed by atoms with Crippen LogP contribution in [-0.4, -0.2) is 4.92 Å². The van der Waals surface area contributed by atoms with Crippen molar-refractivity contribution in [3.05, 3.63) is 58.6 Å². The summed E-state index contributed by atoms with van der Waals surface area (Å²) in [6, 6.07) is 14.0. The van der Waals surface area contributed by atoms with Crippen molar-refractivity contribution in [2.75, 3.05) is 5.73 Å². The van der Waals surface area contributed by atoms with Crippen LogP contribution in [0.25, 0.3) is 22.1 Å². The average molecular weight is 254 g/mol. The van der Waals surface area contributed by atoms with Gasteiger partial charge >= 0.3 is 5.88 Å². The molecule has 0 aliphatic rings. The molecule has 0 spiro atoms. The molecule has 0 aliphatic carbocycles. The first-order valence-corrected chi connectivity index (χ1v) is 5.68. The van der Waals surface area contributed by atoms with E-state index in [-0.39, 0.29) is 5.88 Å². The third-order valence-corrected chi connectivity index (χ3v) is 2.94. The molecule has 19 heavy (non-hydrogen) atoms. The Morgan fingerprint density at radius 3 is 2.42 bits per heavy atom. The molecule has 0 saturated carbocycles. The van der Waals surface area contributed by atoms with Crippen LogP contribution in [0.1, 0.15) is 0 Å². The van der Waals surface area contributed by atoms with E-state index in [0.717, 1.165) is 5.39 Å². The van der Waals surface area contributed by atoms with Gasteiger partial charge in [0.15, 0.2) is 0 Å². The minimum Gasteiger partial charge on any atom is -0.400 e. The van der Waals surface area contributed by atoms with E-state index in [1.165, 1.54) is 0 Å². The molecule has 0 radical (unpaired) electrons. The van der Waals surface area contributed by atoms with Gasteiger partial charge in [0.2, 0.25) is 0 Å². The maximum absolute atomic E-state index is 11.1. The molecule has 3 rings (SSSR count). The highest BCUT2D eigenvalue weighted by Gasteiger charge is 2.24. The number of nitrogen functional groups attached to an aromatic ring is 1. The molecule has 2 aromatic carbocycles. The molecule has 0 bridgehead atoms. The zero-order chi connectivity index (χ0) is 13.4. The molecular formula is C14H10N2O3. The highest BCUT2D eigenvalue weighted by molar-refractivity contribution is 5.98. The van der Waals surface area contributed by atoms with Crippen LogP contribution in [0.3, 0.4) is 0 Å². The summed E-state index contributed by atoms with van der Waals surface area (Å²) in [6.45, 7) is 0. The smallest absolute Gasteiger partial charge is 0.400 e. The predicted molar refractivity (Wildman–Crippen MR) is 72.7 cm³/mol. The number of para-hydroxylation sites is 1. The molecule has 0 fully saturated rings. The molecule has 0 amide bonds. The largest absolute Gasteiger partial charge is 0.442 e. The minimum absolute atomic E-state index is 0.244. The fourth-order valence-electron chi connectivity index (χ4n) is 2.09. The van der Waals surface area contributed by atoms with Crippen molar-refractivity contribution >= 4 is 22.5 Å². The predicted octanol–water partition coefficient (Wildman–Crippen LogP) is 3.59. The third kappa shape index (κ3) is 1.81. The number of fused-ring (bicyclic) bond motifs is 1. The lowest BCUT2D eigenvalue weighted by Crippen LogP contribution is -1.89. The third-order valence-electron chi connectivity index (χ3n) is 2.94. The van der Waals surface area contributed by atoms with E-state index in [4.69, 9.17) is 10.2 Å². The minimum atomic E-state index is -0.508. The van der Waals surface area contributed by atoms with Crippen molar-refractivity contribution in [3.63, 3.8) is 0 Å². The maximum Gasteiger partial charge on any atom is 0.442 e. The lowest BCUT2D eigenvalue weighted by molar-refractivity contribution is -0.400. The summed E-state index contributed by atoms with van der Waals surface area (Å²) in [4.78, 5) is 10.6. The van der Waals surface area contributed by atoms with E-state index in [1.54, 1.807) is 42.5 Å². The van der Waals surface area contributed by atoms with Crippen molar-refractivity contribution in [2.45, 2.75) is 0 Å². The topological polar surface area (TPSA) is 82.3 Å². The van der Waals surface area contributed by atoms with Crippen molar-refractivity contribution < 1.29 is 9.34 Å². The Kier molecular flexibility index (Phi) is 2.45. The quantitative estimate of drug-likeness (QED) is 0.430. The highest BCUT2D eigenvalue weighted by Crippen LogP contribution is 2.39. The first kappa shape index (κ1) is 11.3. The summed E-state index contributed by atoms with van der Waals surface area (Å²) in [5, 5.41) is 11.8. The molecule has 0 atom stereocenters. The molecule has 0 saturated heterocycles. The lowest BCUT2D eigenvalue weighted by Gasteiger charge is -1.99. The maximum atomic E-state index is 11.1. The second-order valence-corrected chi connectivity index (χ2v) is 4.16. The van der Waals surface area contributed by atoms with Crippen LogP contribution >= 0.6 is 0 Å². The molecule has 1 aromatic heterocycles. The summed E-state index contributed by atoms with van der Waals surface area (Å²) in [5.74, 6) is -0.244. The second-order valence-electron chi connectivity index (χ2n) is 4.16. The molecule has 1 heterocycles. The van der Waals surface area contributed by atoms with Gasteiger partial charge in [-0.2, -0.15) is 0 Å². The summed E-state index contributed by atoms with van der Waals surface area (Å²) in [5.41, 5.74) is 7.94. The monoisotopic (exact) mass is 254 g/mol. The number of nitro groups is 1. The van der Waals surface area contributed by atoms with Crippen LogP contribution in [0.15, 0.2) is 52.9 Å². The fraction of sp³-hybridized carbons (Fsp3) is 0. The zero-order valence-electron chi connectivity index (χ0n) is 9.87. The Labute approximate surface area is 108 Å². The van der Waals surface area contributed by atoms with Crippen LogP contribution < -0.4 is 5.73 Å². The first-order chi connectivity index (χ1) is 9.16. The van der Waals surface area contributed by atoms with Crippen molar-refractivity contribution in [1.29, 1.82) is 0 Å². The number of nitrogens with zero attached hydrogens (tertiary/aromatic N) is 1. The lowest BCUT2D eigenvalue weighted by atomic mass is 10.0. The molecule has 94 valence electrons. The normalized spacial score (nSPS) is 10.7. The zero-order valence-corrected chi connectivity index (χ0v) is 9.87. The van der Waals surface area contributed by atoms with Crippen LogP contribution in [0.4, 0.5) is 11.6 Å². The molecule has 0 aliphatic heterocycles. The molecule has 5 heteroatoms. The number of benzene rings is 2. The summed E-state index contributed by atoms with van der Waals surface area (Å²) in [7, 11) is 0. The second kappa shape index (κ2) is 4.13. The van der Waals surface area contributed by atoms with E-state index < -0.39 is 4.92 Å². The first-order valence-electron chi connectivity index (χ1n) is 5.68. The van der Waals surface area contributed by atoms with E-state index in [0.29, 0.717) is 22.4 Å². The van der Waals surface area contributed by atoms with E-state index in [2.05, 4.69) is 0 Å². The van der Waals surface area contributed by atoms with Crippen LogP contribution in [0, 0.1) is 10.1 Å². The van der Waals surface area contributed by atoms with Gasteiger partial charge in [-0.1, -0.05) is 30.3 Å². The fourth-order valence-corrected chi connectivity index (χ4v) is 2.09. The molecule has 2 N–H and O–H groups in total. The van der Waals surface area contributed by atoms with Crippen molar-refractivity contribution in [3.8, 4) is 11.1 Å². The van der Waals surface area contributed by atoms with Gasteiger partial charge in [0.1, 0.15) is 16.1 Å². The molecular weight excluding hydrogens is 244 g/mol. The standard InChI is InChI=1S/C14H10N2O3/c15-10-7-5-9(6-8-10)13-11-3-1-2-4-12(11)19-14(13)16(17)18/h1-8H,15H2. The summed E-state index contributed by atoms with van der Waals surface area (Å²) in [6.07, 6.45) is 0. The van der Waals surface area contributed by atoms with E-state index >= 15 is 0 Å². The number of rotatable bonds is 2. The Bertz CT molecular complexity index is 760. The van der Waals surface area contributed by atoms with Gasteiger partial charge in [0, 0.05) is 11.1 Å². The van der Waals surface area contributed by atoms with Crippen LogP contribution in [-0.2, 0) is 0 Å². The Morgan fingerprint density at radius 1 is 1.05 bits per heavy atom. The van der Waals surface area contributed by atoms with Crippen molar-refractivity contribution in [1.82, 2.24) is 0 Å². The van der Waals surface area contributed by atoms with Gasteiger partial charge in [-0.15, -0.1) is 0 Å². The van der Waals surface area contributed by atoms with Crippen LogP contribution in [0.5, 0.6) is 0 Å².